The molecule has 1 aliphatic heterocycles. The fraction of sp³-hybridized carbons (Fsp3) is 0.750. The van der Waals surface area contributed by atoms with E-state index in [1.54, 1.807) is 6.07 Å². The Bertz CT molecular complexity index is 544. The Hall–Kier alpha value is -0.670. The summed E-state index contributed by atoms with van der Waals surface area (Å²) in [4.78, 5) is 0. The van der Waals surface area contributed by atoms with Gasteiger partial charge in [-0.15, -0.1) is 12.4 Å². The minimum atomic E-state index is -3.53. The summed E-state index contributed by atoms with van der Waals surface area (Å²) in [6.45, 7) is 5.42. The van der Waals surface area contributed by atoms with Gasteiger partial charge in [0.1, 0.15) is 0 Å². The molecule has 2 heterocycles. The Labute approximate surface area is 131 Å². The van der Waals surface area contributed by atoms with Crippen LogP contribution in [0.1, 0.15) is 26.3 Å². The molecule has 7 nitrogen and oxygen atoms in total. The van der Waals surface area contributed by atoms with E-state index in [1.165, 1.54) is 15.2 Å². The van der Waals surface area contributed by atoms with Crippen LogP contribution in [0.4, 0.5) is 0 Å². The molecule has 1 fully saturated rings. The molecule has 0 aromatic carbocycles. The van der Waals surface area contributed by atoms with Crippen molar-refractivity contribution in [3.05, 3.63) is 12.3 Å². The highest BCUT2D eigenvalue weighted by Gasteiger charge is 2.33. The van der Waals surface area contributed by atoms with Gasteiger partial charge in [0.05, 0.1) is 18.9 Å². The van der Waals surface area contributed by atoms with E-state index in [9.17, 15) is 8.42 Å². The summed E-state index contributed by atoms with van der Waals surface area (Å²) in [6.07, 6.45) is 2.05. The second kappa shape index (κ2) is 7.55. The highest BCUT2D eigenvalue weighted by molar-refractivity contribution is 7.89. The summed E-state index contributed by atoms with van der Waals surface area (Å²) in [5, 5.41) is 4.33. The molecule has 1 saturated heterocycles. The maximum atomic E-state index is 12.7. The van der Waals surface area contributed by atoms with Crippen molar-refractivity contribution in [2.75, 3.05) is 26.2 Å². The summed E-state index contributed by atoms with van der Waals surface area (Å²) in [6, 6.07) is 1.54. The van der Waals surface area contributed by atoms with Crippen LogP contribution in [-0.4, -0.2) is 54.8 Å². The number of aromatic nitrogens is 2. The molecule has 1 aliphatic rings. The summed E-state index contributed by atoms with van der Waals surface area (Å²) in [7, 11) is -3.53. The van der Waals surface area contributed by atoms with Crippen molar-refractivity contribution in [2.24, 2.45) is 5.73 Å². The third-order valence-corrected chi connectivity index (χ3v) is 5.18. The van der Waals surface area contributed by atoms with Gasteiger partial charge in [-0.05, 0) is 32.9 Å². The van der Waals surface area contributed by atoms with Gasteiger partial charge in [-0.2, -0.15) is 9.40 Å². The normalized spacial score (nSPS) is 20.5. The molecule has 2 rings (SSSR count). The van der Waals surface area contributed by atoms with Gasteiger partial charge in [0.25, 0.3) is 10.0 Å². The van der Waals surface area contributed by atoms with Crippen molar-refractivity contribution in [1.82, 2.24) is 14.1 Å². The van der Waals surface area contributed by atoms with Crippen LogP contribution in [0.2, 0.25) is 0 Å². The van der Waals surface area contributed by atoms with Gasteiger partial charge in [0.2, 0.25) is 0 Å². The average molecular weight is 339 g/mol. The lowest BCUT2D eigenvalue weighted by molar-refractivity contribution is -0.00421. The first-order valence-electron chi connectivity index (χ1n) is 6.82. The van der Waals surface area contributed by atoms with Gasteiger partial charge in [-0.3, -0.25) is 4.68 Å². The average Bonchev–Trinajstić information content (AvgIpc) is 2.89. The zero-order valence-electron chi connectivity index (χ0n) is 12.3. The third-order valence-electron chi connectivity index (χ3n) is 3.32. The molecule has 0 radical (unpaired) electrons. The van der Waals surface area contributed by atoms with E-state index < -0.39 is 10.0 Å². The minimum absolute atomic E-state index is 0. The monoisotopic (exact) mass is 338 g/mol. The fourth-order valence-electron chi connectivity index (χ4n) is 2.30. The molecule has 0 aliphatic carbocycles. The number of hydrogen-bond acceptors (Lipinski definition) is 5. The number of rotatable bonds is 5. The SMILES string of the molecule is CC(C)n1nccc1S(=O)(=O)N1CCOC(CCN)C1.Cl. The predicted octanol–water partition coefficient (Wildman–Crippen LogP) is 0.624. The Balaban J connectivity index is 0.00000220. The van der Waals surface area contributed by atoms with E-state index in [1.807, 2.05) is 13.8 Å². The number of nitrogens with two attached hydrogens (primary N) is 1. The molecule has 0 spiro atoms. The van der Waals surface area contributed by atoms with Crippen molar-refractivity contribution in [3.8, 4) is 0 Å². The summed E-state index contributed by atoms with van der Waals surface area (Å²) in [5.74, 6) is 0. The Morgan fingerprint density at radius 1 is 1.52 bits per heavy atom. The highest BCUT2D eigenvalue weighted by atomic mass is 35.5. The lowest BCUT2D eigenvalue weighted by Gasteiger charge is -2.32. The van der Waals surface area contributed by atoms with E-state index in [2.05, 4.69) is 5.10 Å². The van der Waals surface area contributed by atoms with Crippen LogP contribution in [-0.2, 0) is 14.8 Å². The molecular formula is C12H23ClN4O3S. The Morgan fingerprint density at radius 3 is 2.86 bits per heavy atom. The lowest BCUT2D eigenvalue weighted by Crippen LogP contribution is -2.46. The van der Waals surface area contributed by atoms with E-state index in [0.717, 1.165) is 0 Å². The molecule has 1 unspecified atom stereocenters. The Kier molecular flexibility index (Phi) is 6.61. The maximum Gasteiger partial charge on any atom is 0.260 e. The molecule has 21 heavy (non-hydrogen) atoms. The summed E-state index contributed by atoms with van der Waals surface area (Å²) < 4.78 is 33.9. The molecule has 0 bridgehead atoms. The van der Waals surface area contributed by atoms with Gasteiger partial charge in [0.15, 0.2) is 5.03 Å². The minimum Gasteiger partial charge on any atom is -0.375 e. The molecule has 122 valence electrons. The van der Waals surface area contributed by atoms with Crippen molar-refractivity contribution in [1.29, 1.82) is 0 Å². The molecule has 9 heteroatoms. The number of nitrogens with zero attached hydrogens (tertiary/aromatic N) is 3. The molecule has 1 aromatic rings. The molecule has 2 N–H and O–H groups in total. The van der Waals surface area contributed by atoms with Crippen LogP contribution in [0.15, 0.2) is 17.3 Å². The van der Waals surface area contributed by atoms with Crippen molar-refractivity contribution in [2.45, 2.75) is 37.4 Å². The number of ether oxygens (including phenoxy) is 1. The van der Waals surface area contributed by atoms with Crippen molar-refractivity contribution >= 4 is 22.4 Å². The van der Waals surface area contributed by atoms with Gasteiger partial charge < -0.3 is 10.5 Å². The maximum absolute atomic E-state index is 12.7. The predicted molar refractivity (Wildman–Crippen MR) is 82.0 cm³/mol. The molecule has 0 saturated carbocycles. The molecule has 1 atom stereocenters. The summed E-state index contributed by atoms with van der Waals surface area (Å²) in [5.41, 5.74) is 5.51. The second-order valence-corrected chi connectivity index (χ2v) is 7.03. The molecule has 1 aromatic heterocycles. The van der Waals surface area contributed by atoms with E-state index >= 15 is 0 Å². The first kappa shape index (κ1) is 18.4. The van der Waals surface area contributed by atoms with Crippen LogP contribution < -0.4 is 5.73 Å². The smallest absolute Gasteiger partial charge is 0.260 e. The van der Waals surface area contributed by atoms with Crippen molar-refractivity contribution in [3.63, 3.8) is 0 Å². The zero-order chi connectivity index (χ0) is 14.8. The van der Waals surface area contributed by atoms with E-state index in [4.69, 9.17) is 10.5 Å². The number of sulfonamides is 1. The van der Waals surface area contributed by atoms with Gasteiger partial charge >= 0.3 is 0 Å². The fourth-order valence-corrected chi connectivity index (χ4v) is 3.97. The number of morpholine rings is 1. The van der Waals surface area contributed by atoms with Gasteiger partial charge in [-0.25, -0.2) is 8.42 Å². The van der Waals surface area contributed by atoms with Crippen LogP contribution in [0.5, 0.6) is 0 Å². The van der Waals surface area contributed by atoms with Gasteiger partial charge in [-0.1, -0.05) is 0 Å². The number of hydrogen-bond donors (Lipinski definition) is 1. The molecular weight excluding hydrogens is 316 g/mol. The van der Waals surface area contributed by atoms with E-state index in [0.29, 0.717) is 32.7 Å². The summed E-state index contributed by atoms with van der Waals surface area (Å²) >= 11 is 0. The highest BCUT2D eigenvalue weighted by Crippen LogP contribution is 2.21. The second-order valence-electron chi connectivity index (χ2n) is 5.14. The third kappa shape index (κ3) is 3.95. The number of halogens is 1. The van der Waals surface area contributed by atoms with Crippen LogP contribution >= 0.6 is 12.4 Å². The van der Waals surface area contributed by atoms with Crippen LogP contribution in [0, 0.1) is 0 Å². The van der Waals surface area contributed by atoms with E-state index in [-0.39, 0.29) is 29.6 Å². The quantitative estimate of drug-likeness (QED) is 0.850. The topological polar surface area (TPSA) is 90.5 Å². The lowest BCUT2D eigenvalue weighted by atomic mass is 10.2. The standard InChI is InChI=1S/C12H22N4O3S.ClH/c1-10(2)16-12(4-6-14-16)20(17,18)15-7-8-19-11(9-15)3-5-13;/h4,6,10-11H,3,5,7-9,13H2,1-2H3;1H. The first-order chi connectivity index (χ1) is 9.46. The van der Waals surface area contributed by atoms with Gasteiger partial charge in [0, 0.05) is 19.1 Å². The van der Waals surface area contributed by atoms with Crippen LogP contribution in [0.25, 0.3) is 0 Å². The first-order valence-corrected chi connectivity index (χ1v) is 8.26. The molecule has 0 amide bonds. The Morgan fingerprint density at radius 2 is 2.24 bits per heavy atom. The zero-order valence-corrected chi connectivity index (χ0v) is 13.9. The van der Waals surface area contributed by atoms with Crippen LogP contribution in [0.3, 0.4) is 0 Å². The largest absolute Gasteiger partial charge is 0.375 e. The van der Waals surface area contributed by atoms with Crippen molar-refractivity contribution < 1.29 is 13.2 Å².